The Kier molecular flexibility index (Phi) is 8.46. The van der Waals surface area contributed by atoms with Crippen molar-refractivity contribution in [2.24, 2.45) is 0 Å². The third kappa shape index (κ3) is 6.48. The molecule has 0 saturated carbocycles. The molecule has 0 aliphatic carbocycles. The summed E-state index contributed by atoms with van der Waals surface area (Å²) in [7, 11) is 1.65. The molecule has 1 aromatic rings. The van der Waals surface area contributed by atoms with Crippen molar-refractivity contribution in [3.8, 4) is 0 Å². The van der Waals surface area contributed by atoms with Crippen molar-refractivity contribution in [2.45, 2.75) is 26.4 Å². The van der Waals surface area contributed by atoms with Gasteiger partial charge in [-0.2, -0.15) is 0 Å². The molecule has 1 unspecified atom stereocenters. The Hall–Kier alpha value is -0.940. The molecule has 114 valence electrons. The highest BCUT2D eigenvalue weighted by atomic mass is 16.5. The van der Waals surface area contributed by atoms with E-state index in [1.165, 1.54) is 11.1 Å². The average Bonchev–Trinajstić information content (AvgIpc) is 2.44. The molecule has 0 heterocycles. The third-order valence-electron chi connectivity index (χ3n) is 3.20. The van der Waals surface area contributed by atoms with E-state index in [4.69, 9.17) is 14.2 Å². The lowest BCUT2D eigenvalue weighted by atomic mass is 10.0. The molecule has 0 amide bonds. The second kappa shape index (κ2) is 9.88. The number of benzene rings is 1. The Labute approximate surface area is 121 Å². The van der Waals surface area contributed by atoms with Gasteiger partial charge in [0, 0.05) is 20.3 Å². The highest BCUT2D eigenvalue weighted by Crippen LogP contribution is 2.17. The predicted molar refractivity (Wildman–Crippen MR) is 79.0 cm³/mol. The zero-order valence-electron chi connectivity index (χ0n) is 12.7. The number of methoxy groups -OCH3 is 1. The largest absolute Gasteiger partial charge is 0.386 e. The summed E-state index contributed by atoms with van der Waals surface area (Å²) in [5.74, 6) is 0. The van der Waals surface area contributed by atoms with E-state index in [1.807, 2.05) is 25.1 Å². The molecule has 0 saturated heterocycles. The van der Waals surface area contributed by atoms with E-state index in [2.05, 4.69) is 6.92 Å². The maximum Gasteiger partial charge on any atom is 0.102 e. The maximum atomic E-state index is 10.0. The van der Waals surface area contributed by atoms with Gasteiger partial charge < -0.3 is 19.3 Å². The molecule has 1 aromatic carbocycles. The molecule has 1 atom stereocenters. The molecule has 20 heavy (non-hydrogen) atoms. The van der Waals surface area contributed by atoms with Crippen LogP contribution in [0.2, 0.25) is 0 Å². The van der Waals surface area contributed by atoms with Crippen LogP contribution in [-0.2, 0) is 14.2 Å². The Balaban J connectivity index is 2.13. The summed E-state index contributed by atoms with van der Waals surface area (Å²) in [6.45, 7) is 6.90. The molecule has 0 aliphatic heterocycles. The lowest BCUT2D eigenvalue weighted by Gasteiger charge is -2.13. The third-order valence-corrected chi connectivity index (χ3v) is 3.20. The van der Waals surface area contributed by atoms with Gasteiger partial charge in [0.05, 0.1) is 19.8 Å². The molecule has 1 rings (SSSR count). The first-order valence-corrected chi connectivity index (χ1v) is 7.04. The van der Waals surface area contributed by atoms with Gasteiger partial charge in [0.1, 0.15) is 6.10 Å². The Morgan fingerprint density at radius 1 is 1.00 bits per heavy atom. The van der Waals surface area contributed by atoms with Crippen LogP contribution in [0.3, 0.4) is 0 Å². The van der Waals surface area contributed by atoms with Gasteiger partial charge in [-0.3, -0.25) is 0 Å². The van der Waals surface area contributed by atoms with Gasteiger partial charge in [0.2, 0.25) is 0 Å². The molecular weight excluding hydrogens is 256 g/mol. The molecule has 0 radical (unpaired) electrons. The van der Waals surface area contributed by atoms with Crippen LogP contribution in [0.15, 0.2) is 18.2 Å². The van der Waals surface area contributed by atoms with Crippen molar-refractivity contribution in [2.75, 3.05) is 40.1 Å². The number of aryl methyl sites for hydroxylation is 2. The predicted octanol–water partition coefficient (Wildman–Crippen LogP) is 2.41. The fraction of sp³-hybridized carbons (Fsp3) is 0.625. The second-order valence-electron chi connectivity index (χ2n) is 4.89. The molecule has 4 nitrogen and oxygen atoms in total. The molecule has 0 aromatic heterocycles. The van der Waals surface area contributed by atoms with Crippen molar-refractivity contribution >= 4 is 0 Å². The van der Waals surface area contributed by atoms with Gasteiger partial charge in [-0.1, -0.05) is 18.2 Å². The fourth-order valence-corrected chi connectivity index (χ4v) is 1.77. The van der Waals surface area contributed by atoms with Gasteiger partial charge in [-0.25, -0.2) is 0 Å². The summed E-state index contributed by atoms with van der Waals surface area (Å²) in [5.41, 5.74) is 3.33. The van der Waals surface area contributed by atoms with Crippen LogP contribution in [-0.4, -0.2) is 45.3 Å². The van der Waals surface area contributed by atoms with Crippen LogP contribution >= 0.6 is 0 Å². The molecular formula is C16H26O4. The lowest BCUT2D eigenvalue weighted by molar-refractivity contribution is 0.0182. The van der Waals surface area contributed by atoms with Gasteiger partial charge >= 0.3 is 0 Å². The van der Waals surface area contributed by atoms with Crippen LogP contribution in [0.4, 0.5) is 0 Å². The number of rotatable bonds is 10. The second-order valence-corrected chi connectivity index (χ2v) is 4.89. The first-order chi connectivity index (χ1) is 9.65. The van der Waals surface area contributed by atoms with E-state index in [9.17, 15) is 5.11 Å². The summed E-state index contributed by atoms with van der Waals surface area (Å²) >= 11 is 0. The number of aliphatic hydroxyl groups is 1. The summed E-state index contributed by atoms with van der Waals surface area (Å²) in [5, 5.41) is 10.0. The van der Waals surface area contributed by atoms with E-state index in [0.717, 1.165) is 12.0 Å². The van der Waals surface area contributed by atoms with E-state index >= 15 is 0 Å². The van der Waals surface area contributed by atoms with Crippen molar-refractivity contribution in [3.63, 3.8) is 0 Å². The number of ether oxygens (including phenoxy) is 3. The number of hydrogen-bond donors (Lipinski definition) is 1. The van der Waals surface area contributed by atoms with Crippen LogP contribution in [0, 0.1) is 13.8 Å². The van der Waals surface area contributed by atoms with E-state index in [-0.39, 0.29) is 0 Å². The zero-order valence-corrected chi connectivity index (χ0v) is 12.7. The van der Waals surface area contributed by atoms with E-state index in [0.29, 0.717) is 33.0 Å². The Bertz CT molecular complexity index is 379. The smallest absolute Gasteiger partial charge is 0.102 e. The quantitative estimate of drug-likeness (QED) is 0.669. The lowest BCUT2D eigenvalue weighted by Crippen LogP contribution is -2.10. The van der Waals surface area contributed by atoms with Crippen molar-refractivity contribution in [1.29, 1.82) is 0 Å². The molecule has 0 spiro atoms. The normalized spacial score (nSPS) is 12.6. The fourth-order valence-electron chi connectivity index (χ4n) is 1.77. The first-order valence-electron chi connectivity index (χ1n) is 7.04. The number of aliphatic hydroxyl groups excluding tert-OH is 1. The van der Waals surface area contributed by atoms with Crippen molar-refractivity contribution in [1.82, 2.24) is 0 Å². The minimum absolute atomic E-state index is 0.320. The summed E-state index contributed by atoms with van der Waals surface area (Å²) in [6, 6.07) is 5.99. The molecule has 0 aliphatic rings. The first kappa shape index (κ1) is 17.1. The summed E-state index contributed by atoms with van der Waals surface area (Å²) < 4.78 is 15.7. The minimum atomic E-state index is -0.566. The Morgan fingerprint density at radius 2 is 1.75 bits per heavy atom. The molecule has 0 bridgehead atoms. The summed E-state index contributed by atoms with van der Waals surface area (Å²) in [4.78, 5) is 0. The van der Waals surface area contributed by atoms with Gasteiger partial charge in [-0.05, 0) is 37.0 Å². The number of hydrogen-bond acceptors (Lipinski definition) is 4. The highest BCUT2D eigenvalue weighted by Gasteiger charge is 2.08. The highest BCUT2D eigenvalue weighted by molar-refractivity contribution is 5.31. The van der Waals surface area contributed by atoms with Crippen LogP contribution in [0.1, 0.15) is 29.2 Å². The topological polar surface area (TPSA) is 47.9 Å². The Morgan fingerprint density at radius 3 is 2.45 bits per heavy atom. The van der Waals surface area contributed by atoms with E-state index < -0.39 is 6.10 Å². The van der Waals surface area contributed by atoms with Gasteiger partial charge in [-0.15, -0.1) is 0 Å². The average molecular weight is 282 g/mol. The zero-order chi connectivity index (χ0) is 14.8. The van der Waals surface area contributed by atoms with Gasteiger partial charge in [0.15, 0.2) is 0 Å². The SMILES string of the molecule is COCCOCCCOCC(O)c1ccc(C)c(C)c1. The molecule has 4 heteroatoms. The standard InChI is InChI=1S/C16H26O4/c1-13-5-6-15(11-14(13)2)16(17)12-20-8-4-7-19-10-9-18-3/h5-6,11,16-17H,4,7-10,12H2,1-3H3. The van der Waals surface area contributed by atoms with Crippen LogP contribution in [0.25, 0.3) is 0 Å². The maximum absolute atomic E-state index is 10.0. The van der Waals surface area contributed by atoms with Crippen LogP contribution in [0.5, 0.6) is 0 Å². The monoisotopic (exact) mass is 282 g/mol. The van der Waals surface area contributed by atoms with Crippen molar-refractivity contribution in [3.05, 3.63) is 34.9 Å². The molecule has 1 N–H and O–H groups in total. The van der Waals surface area contributed by atoms with E-state index in [1.54, 1.807) is 7.11 Å². The summed E-state index contributed by atoms with van der Waals surface area (Å²) in [6.07, 6.45) is 0.257. The minimum Gasteiger partial charge on any atom is -0.386 e. The van der Waals surface area contributed by atoms with Crippen LogP contribution < -0.4 is 0 Å². The van der Waals surface area contributed by atoms with Gasteiger partial charge in [0.25, 0.3) is 0 Å². The molecule has 0 fully saturated rings. The van der Waals surface area contributed by atoms with Crippen molar-refractivity contribution < 1.29 is 19.3 Å².